The zero-order valence-electron chi connectivity index (χ0n) is 18.9. The number of aromatic hydroxyl groups is 1. The Morgan fingerprint density at radius 1 is 0.971 bits per heavy atom. The number of carboxylic acid groups (broad SMARTS) is 1. The van der Waals surface area contributed by atoms with Crippen LogP contribution in [0.2, 0.25) is 0 Å². The van der Waals surface area contributed by atoms with Crippen LogP contribution in [-0.2, 0) is 9.53 Å². The Labute approximate surface area is 201 Å². The molecule has 0 unspecified atom stereocenters. The van der Waals surface area contributed by atoms with E-state index < -0.39 is 18.0 Å². The second kappa shape index (κ2) is 10.1. The summed E-state index contributed by atoms with van der Waals surface area (Å²) >= 11 is 0. The fourth-order valence-corrected chi connectivity index (χ4v) is 4.07. The van der Waals surface area contributed by atoms with Crippen molar-refractivity contribution in [2.45, 2.75) is 12.8 Å². The van der Waals surface area contributed by atoms with Crippen molar-refractivity contribution in [3.8, 4) is 16.9 Å². The average molecular weight is 472 g/mol. The maximum Gasteiger partial charge on any atom is 0.407 e. The first-order chi connectivity index (χ1) is 16.8. The van der Waals surface area contributed by atoms with E-state index in [1.165, 1.54) is 25.1 Å². The van der Waals surface area contributed by atoms with Gasteiger partial charge < -0.3 is 25.6 Å². The van der Waals surface area contributed by atoms with Gasteiger partial charge in [-0.2, -0.15) is 0 Å². The molecule has 0 aromatic heterocycles. The molecule has 4 rings (SSSR count). The molecule has 2 amide bonds. The van der Waals surface area contributed by atoms with Crippen molar-refractivity contribution in [2.75, 3.05) is 18.5 Å². The molecule has 35 heavy (non-hydrogen) atoms. The average Bonchev–Trinajstić information content (AvgIpc) is 3.17. The van der Waals surface area contributed by atoms with Crippen LogP contribution in [0.3, 0.4) is 0 Å². The van der Waals surface area contributed by atoms with Crippen molar-refractivity contribution in [2.24, 2.45) is 0 Å². The number of phenols is 1. The lowest BCUT2D eigenvalue weighted by molar-refractivity contribution is -0.112. The Kier molecular flexibility index (Phi) is 6.82. The fourth-order valence-electron chi connectivity index (χ4n) is 4.07. The maximum atomic E-state index is 12.4. The Hall–Kier alpha value is -4.59. The number of benzene rings is 3. The zero-order chi connectivity index (χ0) is 24.9. The normalized spacial score (nSPS) is 12.4. The molecule has 0 fully saturated rings. The molecule has 4 N–H and O–H groups in total. The number of rotatable bonds is 7. The zero-order valence-corrected chi connectivity index (χ0v) is 18.9. The monoisotopic (exact) mass is 472 g/mol. The number of fused-ring (bicyclic) bond motifs is 3. The van der Waals surface area contributed by atoms with Crippen LogP contribution < -0.4 is 10.6 Å². The molecule has 0 spiro atoms. The number of anilines is 1. The SMILES string of the molecule is C/C(=C\CNC(=O)OCC1c2ccccc2-c2ccccc21)C(=O)Nc1ccc(O)cc1C(=O)O. The first-order valence-electron chi connectivity index (χ1n) is 11.0. The first kappa shape index (κ1) is 23.6. The summed E-state index contributed by atoms with van der Waals surface area (Å²) in [5.41, 5.74) is 4.60. The lowest BCUT2D eigenvalue weighted by atomic mass is 9.98. The van der Waals surface area contributed by atoms with Crippen LogP contribution in [0.15, 0.2) is 78.4 Å². The number of carboxylic acids is 1. The molecular formula is C27H24N2O6. The van der Waals surface area contributed by atoms with E-state index in [9.17, 15) is 24.6 Å². The molecule has 0 saturated carbocycles. The van der Waals surface area contributed by atoms with Gasteiger partial charge in [0.25, 0.3) is 5.91 Å². The molecule has 1 aliphatic carbocycles. The van der Waals surface area contributed by atoms with E-state index in [1.807, 2.05) is 36.4 Å². The van der Waals surface area contributed by atoms with E-state index >= 15 is 0 Å². The van der Waals surface area contributed by atoms with Crippen LogP contribution in [0.1, 0.15) is 34.3 Å². The number of alkyl carbamates (subject to hydrolysis) is 1. The number of hydrogen-bond donors (Lipinski definition) is 4. The van der Waals surface area contributed by atoms with E-state index in [-0.39, 0.29) is 41.6 Å². The second-order valence-electron chi connectivity index (χ2n) is 8.08. The van der Waals surface area contributed by atoms with Crippen LogP contribution in [-0.4, -0.2) is 41.3 Å². The van der Waals surface area contributed by atoms with Crippen LogP contribution in [0.25, 0.3) is 11.1 Å². The number of carbonyl (C=O) groups excluding carboxylic acids is 2. The summed E-state index contributed by atoms with van der Waals surface area (Å²) in [6.45, 7) is 1.77. The molecule has 0 radical (unpaired) electrons. The Balaban J connectivity index is 1.31. The molecule has 1 aliphatic rings. The largest absolute Gasteiger partial charge is 0.508 e. The summed E-state index contributed by atoms with van der Waals surface area (Å²) < 4.78 is 5.46. The third-order valence-electron chi connectivity index (χ3n) is 5.84. The van der Waals surface area contributed by atoms with Crippen LogP contribution >= 0.6 is 0 Å². The number of hydrogen-bond acceptors (Lipinski definition) is 5. The van der Waals surface area contributed by atoms with Gasteiger partial charge >= 0.3 is 12.1 Å². The van der Waals surface area contributed by atoms with Crippen molar-refractivity contribution in [1.29, 1.82) is 0 Å². The Bertz CT molecular complexity index is 1290. The predicted octanol–water partition coefficient (Wildman–Crippen LogP) is 4.51. The highest BCUT2D eigenvalue weighted by molar-refractivity contribution is 6.07. The maximum absolute atomic E-state index is 12.4. The fraction of sp³-hybridized carbons (Fsp3) is 0.148. The van der Waals surface area contributed by atoms with Crippen molar-refractivity contribution in [3.05, 3.63) is 95.1 Å². The minimum absolute atomic E-state index is 0.0510. The summed E-state index contributed by atoms with van der Waals surface area (Å²) in [7, 11) is 0. The lowest BCUT2D eigenvalue weighted by Gasteiger charge is -2.14. The Morgan fingerprint density at radius 3 is 2.23 bits per heavy atom. The standard InChI is InChI=1S/C27H24N2O6/c1-16(25(31)29-24-11-10-17(30)14-22(24)26(32)33)12-13-28-27(34)35-15-23-20-8-4-2-6-18(20)19-7-3-5-9-21(19)23/h2-12,14,23,30H,13,15H2,1H3,(H,28,34)(H,29,31)(H,32,33)/b16-12+. The molecule has 0 aliphatic heterocycles. The van der Waals surface area contributed by atoms with Gasteiger partial charge in [0.2, 0.25) is 0 Å². The minimum atomic E-state index is -1.28. The van der Waals surface area contributed by atoms with Crippen LogP contribution in [0.4, 0.5) is 10.5 Å². The van der Waals surface area contributed by atoms with E-state index in [2.05, 4.69) is 22.8 Å². The van der Waals surface area contributed by atoms with Crippen LogP contribution in [0.5, 0.6) is 5.75 Å². The number of nitrogens with one attached hydrogen (secondary N) is 2. The summed E-state index contributed by atoms with van der Waals surface area (Å²) in [6, 6.07) is 19.7. The second-order valence-corrected chi connectivity index (χ2v) is 8.08. The quantitative estimate of drug-likeness (QED) is 0.296. The number of carbonyl (C=O) groups is 3. The number of aromatic carboxylic acids is 1. The molecule has 3 aromatic carbocycles. The molecule has 8 nitrogen and oxygen atoms in total. The van der Waals surface area contributed by atoms with Crippen molar-refractivity contribution in [3.63, 3.8) is 0 Å². The predicted molar refractivity (Wildman–Crippen MR) is 131 cm³/mol. The van der Waals surface area contributed by atoms with Crippen molar-refractivity contribution >= 4 is 23.7 Å². The van der Waals surface area contributed by atoms with Gasteiger partial charge in [-0.05, 0) is 47.4 Å². The van der Waals surface area contributed by atoms with Gasteiger partial charge in [-0.3, -0.25) is 4.79 Å². The van der Waals surface area contributed by atoms with Crippen LogP contribution in [0, 0.1) is 0 Å². The highest BCUT2D eigenvalue weighted by Gasteiger charge is 2.28. The summed E-state index contributed by atoms with van der Waals surface area (Å²) in [5, 5.41) is 23.8. The molecule has 8 heteroatoms. The van der Waals surface area contributed by atoms with E-state index in [1.54, 1.807) is 0 Å². The van der Waals surface area contributed by atoms with Gasteiger partial charge in [0.05, 0.1) is 11.3 Å². The molecule has 0 atom stereocenters. The smallest absolute Gasteiger partial charge is 0.407 e. The summed E-state index contributed by atoms with van der Waals surface area (Å²) in [5.74, 6) is -2.09. The van der Waals surface area contributed by atoms with Gasteiger partial charge in [0, 0.05) is 18.0 Å². The molecule has 178 valence electrons. The van der Waals surface area contributed by atoms with Gasteiger partial charge in [-0.1, -0.05) is 54.6 Å². The Morgan fingerprint density at radius 2 is 1.60 bits per heavy atom. The molecule has 3 aromatic rings. The summed E-state index contributed by atoms with van der Waals surface area (Å²) in [4.78, 5) is 36.0. The lowest BCUT2D eigenvalue weighted by Crippen LogP contribution is -2.27. The van der Waals surface area contributed by atoms with E-state index in [4.69, 9.17) is 4.74 Å². The number of amides is 2. The van der Waals surface area contributed by atoms with E-state index in [0.29, 0.717) is 0 Å². The molecule has 0 saturated heterocycles. The third-order valence-corrected chi connectivity index (χ3v) is 5.84. The van der Waals surface area contributed by atoms with Gasteiger partial charge in [0.15, 0.2) is 0 Å². The molecule has 0 heterocycles. The van der Waals surface area contributed by atoms with Gasteiger partial charge in [-0.25, -0.2) is 9.59 Å². The number of phenolic OH excluding ortho intramolecular Hbond substituents is 1. The molecular weight excluding hydrogens is 448 g/mol. The van der Waals surface area contributed by atoms with Crippen molar-refractivity contribution < 1.29 is 29.3 Å². The highest BCUT2D eigenvalue weighted by atomic mass is 16.5. The van der Waals surface area contributed by atoms with E-state index in [0.717, 1.165) is 28.3 Å². The molecule has 0 bridgehead atoms. The van der Waals surface area contributed by atoms with Gasteiger partial charge in [-0.15, -0.1) is 0 Å². The number of ether oxygens (including phenoxy) is 1. The minimum Gasteiger partial charge on any atom is -0.508 e. The van der Waals surface area contributed by atoms with Crippen molar-refractivity contribution in [1.82, 2.24) is 5.32 Å². The first-order valence-corrected chi connectivity index (χ1v) is 11.0. The summed E-state index contributed by atoms with van der Waals surface area (Å²) in [6.07, 6.45) is 0.889. The third kappa shape index (κ3) is 5.16. The highest BCUT2D eigenvalue weighted by Crippen LogP contribution is 2.44. The topological polar surface area (TPSA) is 125 Å². The van der Waals surface area contributed by atoms with Gasteiger partial charge in [0.1, 0.15) is 12.4 Å².